The molecule has 0 heterocycles. The van der Waals surface area contributed by atoms with Crippen LogP contribution < -0.4 is 11.1 Å². The van der Waals surface area contributed by atoms with Crippen LogP contribution in [0.3, 0.4) is 0 Å². The number of anilines is 2. The average molecular weight is 256 g/mol. The predicted octanol–water partition coefficient (Wildman–Crippen LogP) is 2.20. The summed E-state index contributed by atoms with van der Waals surface area (Å²) in [6, 6.07) is 5.33. The van der Waals surface area contributed by atoms with Gasteiger partial charge in [-0.25, -0.2) is 0 Å². The van der Waals surface area contributed by atoms with Crippen LogP contribution in [0, 0.1) is 0 Å². The van der Waals surface area contributed by atoms with E-state index in [9.17, 15) is 4.79 Å². The highest BCUT2D eigenvalue weighted by Crippen LogP contribution is 2.22. The highest BCUT2D eigenvalue weighted by atomic mass is 35.5. The van der Waals surface area contributed by atoms with E-state index in [1.165, 1.54) is 0 Å². The van der Waals surface area contributed by atoms with Gasteiger partial charge in [0.05, 0.1) is 17.9 Å². The molecule has 1 amide bonds. The lowest BCUT2D eigenvalue weighted by molar-refractivity contribution is -0.117. The number of nitrogen functional groups attached to an aromatic ring is 1. The first-order valence-electron chi connectivity index (χ1n) is 5.45. The quantitative estimate of drug-likeness (QED) is 0.811. The number of nitrogens with zero attached hydrogens (tertiary/aromatic N) is 1. The van der Waals surface area contributed by atoms with Crippen LogP contribution in [0.4, 0.5) is 11.4 Å². The summed E-state index contributed by atoms with van der Waals surface area (Å²) in [4.78, 5) is 13.7. The van der Waals surface area contributed by atoms with E-state index in [0.717, 1.165) is 0 Å². The molecule has 17 heavy (non-hydrogen) atoms. The summed E-state index contributed by atoms with van der Waals surface area (Å²) in [6.45, 7) is 4.40. The zero-order chi connectivity index (χ0) is 13.0. The van der Waals surface area contributed by atoms with Crippen LogP contribution in [-0.4, -0.2) is 30.4 Å². The summed E-state index contributed by atoms with van der Waals surface area (Å²) in [5.74, 6) is -0.0878. The molecule has 0 radical (unpaired) electrons. The number of carbonyl (C=O) groups is 1. The minimum absolute atomic E-state index is 0.0878. The number of amides is 1. The Morgan fingerprint density at radius 3 is 2.71 bits per heavy atom. The summed E-state index contributed by atoms with van der Waals surface area (Å²) in [5, 5.41) is 3.31. The molecule has 1 aromatic carbocycles. The molecule has 0 aliphatic heterocycles. The first-order valence-corrected chi connectivity index (χ1v) is 5.83. The summed E-state index contributed by atoms with van der Waals surface area (Å²) in [6.07, 6.45) is 0. The number of carbonyl (C=O) groups excluding carboxylic acids is 1. The van der Waals surface area contributed by atoms with Crippen LogP contribution in [0.1, 0.15) is 13.8 Å². The average Bonchev–Trinajstić information content (AvgIpc) is 2.22. The van der Waals surface area contributed by atoms with Crippen molar-refractivity contribution in [3.8, 4) is 0 Å². The number of hydrogen-bond acceptors (Lipinski definition) is 3. The second kappa shape index (κ2) is 5.89. The van der Waals surface area contributed by atoms with Crippen molar-refractivity contribution in [2.75, 3.05) is 24.6 Å². The molecule has 1 rings (SSSR count). The Bertz CT molecular complexity index is 407. The maximum absolute atomic E-state index is 11.7. The van der Waals surface area contributed by atoms with Gasteiger partial charge in [0.1, 0.15) is 0 Å². The third kappa shape index (κ3) is 4.24. The van der Waals surface area contributed by atoms with Crippen molar-refractivity contribution < 1.29 is 4.79 Å². The number of nitrogens with two attached hydrogens (primary N) is 1. The van der Waals surface area contributed by atoms with Gasteiger partial charge in [-0.05, 0) is 39.1 Å². The van der Waals surface area contributed by atoms with Crippen molar-refractivity contribution >= 4 is 28.9 Å². The van der Waals surface area contributed by atoms with Crippen molar-refractivity contribution in [2.45, 2.75) is 19.9 Å². The fraction of sp³-hybridized carbons (Fsp3) is 0.417. The Morgan fingerprint density at radius 1 is 1.53 bits per heavy atom. The van der Waals surface area contributed by atoms with Crippen molar-refractivity contribution in [1.82, 2.24) is 4.90 Å². The van der Waals surface area contributed by atoms with E-state index in [0.29, 0.717) is 29.0 Å². The van der Waals surface area contributed by atoms with E-state index in [-0.39, 0.29) is 5.91 Å². The second-order valence-corrected chi connectivity index (χ2v) is 4.73. The van der Waals surface area contributed by atoms with E-state index >= 15 is 0 Å². The van der Waals surface area contributed by atoms with Crippen molar-refractivity contribution in [2.24, 2.45) is 0 Å². The largest absolute Gasteiger partial charge is 0.397 e. The van der Waals surface area contributed by atoms with E-state index in [1.54, 1.807) is 18.2 Å². The minimum atomic E-state index is -0.0878. The van der Waals surface area contributed by atoms with Gasteiger partial charge in [-0.1, -0.05) is 11.6 Å². The normalized spacial score (nSPS) is 10.9. The van der Waals surface area contributed by atoms with E-state index < -0.39 is 0 Å². The van der Waals surface area contributed by atoms with E-state index in [1.807, 2.05) is 25.8 Å². The Labute approximate surface area is 107 Å². The van der Waals surface area contributed by atoms with Crippen LogP contribution in [0.2, 0.25) is 5.02 Å². The number of rotatable bonds is 4. The van der Waals surface area contributed by atoms with Crippen molar-refractivity contribution in [1.29, 1.82) is 0 Å². The van der Waals surface area contributed by atoms with Gasteiger partial charge in [0.15, 0.2) is 0 Å². The number of nitrogens with one attached hydrogen (secondary N) is 1. The Hall–Kier alpha value is -1.26. The smallest absolute Gasteiger partial charge is 0.238 e. The SMILES string of the molecule is CC(C)N(C)CC(=O)Nc1ccc(Cl)cc1N. The van der Waals surface area contributed by atoms with E-state index in [2.05, 4.69) is 5.32 Å². The standard InChI is InChI=1S/C12H18ClN3O/c1-8(2)16(3)7-12(17)15-11-5-4-9(13)6-10(11)14/h4-6,8H,7,14H2,1-3H3,(H,15,17). The molecule has 0 aliphatic carbocycles. The van der Waals surface area contributed by atoms with Gasteiger partial charge in [-0.3, -0.25) is 9.69 Å². The van der Waals surface area contributed by atoms with Crippen LogP contribution in [0.25, 0.3) is 0 Å². The van der Waals surface area contributed by atoms with Gasteiger partial charge in [-0.2, -0.15) is 0 Å². The summed E-state index contributed by atoms with van der Waals surface area (Å²) < 4.78 is 0. The molecule has 0 saturated heterocycles. The van der Waals surface area contributed by atoms with Crippen LogP contribution in [0.15, 0.2) is 18.2 Å². The lowest BCUT2D eigenvalue weighted by Crippen LogP contribution is -2.34. The molecule has 0 fully saturated rings. The Balaban J connectivity index is 2.62. The third-order valence-corrected chi connectivity index (χ3v) is 2.80. The molecule has 0 unspecified atom stereocenters. The first kappa shape index (κ1) is 13.8. The second-order valence-electron chi connectivity index (χ2n) is 4.29. The molecule has 0 bridgehead atoms. The summed E-state index contributed by atoms with van der Waals surface area (Å²) in [7, 11) is 1.90. The summed E-state index contributed by atoms with van der Waals surface area (Å²) >= 11 is 5.78. The molecule has 3 N–H and O–H groups in total. The van der Waals surface area contributed by atoms with Crippen molar-refractivity contribution in [3.05, 3.63) is 23.2 Å². The minimum Gasteiger partial charge on any atom is -0.397 e. The number of hydrogen-bond donors (Lipinski definition) is 2. The molecular weight excluding hydrogens is 238 g/mol. The molecule has 0 aromatic heterocycles. The van der Waals surface area contributed by atoms with Gasteiger partial charge < -0.3 is 11.1 Å². The van der Waals surface area contributed by atoms with Crippen LogP contribution in [0.5, 0.6) is 0 Å². The molecule has 0 spiro atoms. The lowest BCUT2D eigenvalue weighted by Gasteiger charge is -2.20. The highest BCUT2D eigenvalue weighted by molar-refractivity contribution is 6.31. The molecule has 0 atom stereocenters. The van der Waals surface area contributed by atoms with Gasteiger partial charge >= 0.3 is 0 Å². The lowest BCUT2D eigenvalue weighted by atomic mass is 10.2. The number of likely N-dealkylation sites (N-methyl/N-ethyl adjacent to an activating group) is 1. The Morgan fingerprint density at radius 2 is 2.18 bits per heavy atom. The maximum Gasteiger partial charge on any atom is 0.238 e. The molecule has 94 valence electrons. The highest BCUT2D eigenvalue weighted by Gasteiger charge is 2.10. The molecule has 0 aliphatic rings. The van der Waals surface area contributed by atoms with Crippen molar-refractivity contribution in [3.63, 3.8) is 0 Å². The fourth-order valence-electron chi connectivity index (χ4n) is 1.25. The monoisotopic (exact) mass is 255 g/mol. The van der Waals surface area contributed by atoms with Crippen LogP contribution >= 0.6 is 11.6 Å². The fourth-order valence-corrected chi connectivity index (χ4v) is 1.43. The van der Waals surface area contributed by atoms with E-state index in [4.69, 9.17) is 17.3 Å². The van der Waals surface area contributed by atoms with Crippen LogP contribution in [-0.2, 0) is 4.79 Å². The summed E-state index contributed by atoms with van der Waals surface area (Å²) in [5.41, 5.74) is 6.81. The molecule has 0 saturated carbocycles. The Kier molecular flexibility index (Phi) is 4.78. The van der Waals surface area contributed by atoms with Gasteiger partial charge in [0.2, 0.25) is 5.91 Å². The molecular formula is C12H18ClN3O. The topological polar surface area (TPSA) is 58.4 Å². The zero-order valence-corrected chi connectivity index (χ0v) is 11.1. The van der Waals surface area contributed by atoms with Gasteiger partial charge in [-0.15, -0.1) is 0 Å². The zero-order valence-electron chi connectivity index (χ0n) is 10.3. The number of halogens is 1. The molecule has 1 aromatic rings. The maximum atomic E-state index is 11.7. The molecule has 4 nitrogen and oxygen atoms in total. The first-order chi connectivity index (χ1) is 7.90. The third-order valence-electron chi connectivity index (χ3n) is 2.56. The number of benzene rings is 1. The predicted molar refractivity (Wildman–Crippen MR) is 72.3 cm³/mol. The van der Waals surface area contributed by atoms with Gasteiger partial charge in [0, 0.05) is 11.1 Å². The molecule has 5 heteroatoms. The van der Waals surface area contributed by atoms with Gasteiger partial charge in [0.25, 0.3) is 0 Å².